The molecule has 1 heterocycles. The molecular weight excluding hydrogens is 270 g/mol. The van der Waals surface area contributed by atoms with Gasteiger partial charge in [0.2, 0.25) is 11.9 Å². The number of benzene rings is 1. The first kappa shape index (κ1) is 14.6. The molecule has 1 aromatic carbocycles. The number of methoxy groups -OCH3 is 1. The Balaban J connectivity index is 2.15. The molecule has 2 rings (SSSR count). The van der Waals surface area contributed by atoms with Crippen molar-refractivity contribution in [1.82, 2.24) is 15.0 Å². The van der Waals surface area contributed by atoms with Crippen molar-refractivity contribution in [3.8, 4) is 11.5 Å². The van der Waals surface area contributed by atoms with Crippen molar-refractivity contribution in [3.05, 3.63) is 35.7 Å². The summed E-state index contributed by atoms with van der Waals surface area (Å²) < 4.78 is 11.0. The molecule has 0 bridgehead atoms. The smallest absolute Gasteiger partial charge is 0.225 e. The molecule has 0 atom stereocenters. The van der Waals surface area contributed by atoms with Crippen molar-refractivity contribution in [2.75, 3.05) is 18.6 Å². The van der Waals surface area contributed by atoms with Crippen LogP contribution in [0.25, 0.3) is 6.08 Å². The molecule has 0 aliphatic carbocycles. The van der Waals surface area contributed by atoms with Gasteiger partial charge in [0.05, 0.1) is 7.11 Å². The monoisotopic (exact) mass is 287 g/mol. The van der Waals surface area contributed by atoms with Crippen LogP contribution < -0.4 is 20.9 Å². The van der Waals surface area contributed by atoms with Crippen molar-refractivity contribution >= 4 is 18.0 Å². The summed E-state index contributed by atoms with van der Waals surface area (Å²) in [7, 11) is 1.58. The van der Waals surface area contributed by atoms with Gasteiger partial charge in [0.25, 0.3) is 0 Å². The summed E-state index contributed by atoms with van der Waals surface area (Å²) in [6, 6.07) is 5.63. The van der Waals surface area contributed by atoms with E-state index in [0.29, 0.717) is 17.3 Å². The second kappa shape index (κ2) is 6.56. The van der Waals surface area contributed by atoms with Gasteiger partial charge in [-0.15, -0.1) is 0 Å². The molecule has 0 amide bonds. The third-order valence-corrected chi connectivity index (χ3v) is 2.62. The lowest BCUT2D eigenvalue weighted by molar-refractivity contribution is 0.276. The van der Waals surface area contributed by atoms with E-state index in [-0.39, 0.29) is 18.5 Å². The molecule has 0 spiro atoms. The number of hydrogen-bond acceptors (Lipinski definition) is 7. The van der Waals surface area contributed by atoms with Crippen molar-refractivity contribution < 1.29 is 9.47 Å². The van der Waals surface area contributed by atoms with Gasteiger partial charge >= 0.3 is 0 Å². The van der Waals surface area contributed by atoms with Gasteiger partial charge in [-0.2, -0.15) is 15.0 Å². The fourth-order valence-corrected chi connectivity index (χ4v) is 1.76. The van der Waals surface area contributed by atoms with Gasteiger partial charge in [-0.05, 0) is 24.6 Å². The molecule has 0 unspecified atom stereocenters. The second-order valence-corrected chi connectivity index (χ2v) is 4.17. The number of anilines is 2. The Bertz CT molecular complexity index is 638. The lowest BCUT2D eigenvalue weighted by Crippen LogP contribution is -2.09. The molecule has 21 heavy (non-hydrogen) atoms. The predicted octanol–water partition coefficient (Wildman–Crippen LogP) is 1.66. The molecule has 0 radical (unpaired) electrons. The molecule has 0 fully saturated rings. The first-order chi connectivity index (χ1) is 10.1. The van der Waals surface area contributed by atoms with E-state index in [1.807, 2.05) is 37.3 Å². The van der Waals surface area contributed by atoms with Gasteiger partial charge in [0.15, 0.2) is 17.3 Å². The third-order valence-electron chi connectivity index (χ3n) is 2.62. The highest BCUT2D eigenvalue weighted by Gasteiger charge is 2.07. The molecule has 0 aliphatic rings. The van der Waals surface area contributed by atoms with E-state index in [1.54, 1.807) is 7.11 Å². The summed E-state index contributed by atoms with van der Waals surface area (Å²) in [6.07, 6.45) is 3.92. The van der Waals surface area contributed by atoms with Crippen LogP contribution in [-0.4, -0.2) is 22.1 Å². The standard InChI is InChI=1S/C14H17N5O2/c1-3-4-9-5-6-10(11(7-9)20-2)21-8-12-17-13(15)19-14(16)18-12/h3-7H,8H2,1-2H3,(H4,15,16,17,18,19). The maximum Gasteiger partial charge on any atom is 0.225 e. The van der Waals surface area contributed by atoms with Crippen LogP contribution in [-0.2, 0) is 6.61 Å². The quantitative estimate of drug-likeness (QED) is 0.860. The number of ether oxygens (including phenoxy) is 2. The number of allylic oxidation sites excluding steroid dienone is 1. The number of hydrogen-bond donors (Lipinski definition) is 2. The van der Waals surface area contributed by atoms with Gasteiger partial charge in [0, 0.05) is 0 Å². The van der Waals surface area contributed by atoms with Crippen LogP contribution in [0.1, 0.15) is 18.3 Å². The summed E-state index contributed by atoms with van der Waals surface area (Å²) in [5.74, 6) is 1.71. The van der Waals surface area contributed by atoms with Crippen LogP contribution in [0.5, 0.6) is 11.5 Å². The van der Waals surface area contributed by atoms with E-state index in [2.05, 4.69) is 15.0 Å². The lowest BCUT2D eigenvalue weighted by Gasteiger charge is -2.11. The van der Waals surface area contributed by atoms with Crippen molar-refractivity contribution in [3.63, 3.8) is 0 Å². The predicted molar refractivity (Wildman–Crippen MR) is 80.7 cm³/mol. The number of nitrogens with zero attached hydrogens (tertiary/aromatic N) is 3. The Labute approximate surface area is 122 Å². The lowest BCUT2D eigenvalue weighted by atomic mass is 10.2. The first-order valence-corrected chi connectivity index (χ1v) is 6.32. The van der Waals surface area contributed by atoms with Crippen LogP contribution in [0.15, 0.2) is 24.3 Å². The van der Waals surface area contributed by atoms with E-state index >= 15 is 0 Å². The Morgan fingerprint density at radius 3 is 2.43 bits per heavy atom. The average Bonchev–Trinajstić information content (AvgIpc) is 2.45. The van der Waals surface area contributed by atoms with Crippen LogP contribution in [0.3, 0.4) is 0 Å². The molecule has 0 saturated heterocycles. The van der Waals surface area contributed by atoms with Gasteiger partial charge < -0.3 is 20.9 Å². The topological polar surface area (TPSA) is 109 Å². The van der Waals surface area contributed by atoms with Crippen molar-refractivity contribution in [2.24, 2.45) is 0 Å². The van der Waals surface area contributed by atoms with Gasteiger partial charge in [-0.1, -0.05) is 18.2 Å². The summed E-state index contributed by atoms with van der Waals surface area (Å²) in [6.45, 7) is 2.07. The summed E-state index contributed by atoms with van der Waals surface area (Å²) in [5.41, 5.74) is 12.0. The minimum absolute atomic E-state index is 0.0662. The Hall–Kier alpha value is -2.83. The molecule has 2 aromatic rings. The summed E-state index contributed by atoms with van der Waals surface area (Å²) >= 11 is 0. The fourth-order valence-electron chi connectivity index (χ4n) is 1.76. The van der Waals surface area contributed by atoms with Crippen LogP contribution >= 0.6 is 0 Å². The molecule has 0 aliphatic heterocycles. The Morgan fingerprint density at radius 2 is 1.81 bits per heavy atom. The number of nitrogens with two attached hydrogens (primary N) is 2. The maximum atomic E-state index is 5.64. The number of nitrogen functional groups attached to an aromatic ring is 2. The first-order valence-electron chi connectivity index (χ1n) is 6.32. The van der Waals surface area contributed by atoms with Crippen LogP contribution in [0.4, 0.5) is 11.9 Å². The highest BCUT2D eigenvalue weighted by molar-refractivity contribution is 5.55. The minimum atomic E-state index is 0.0662. The van der Waals surface area contributed by atoms with E-state index in [9.17, 15) is 0 Å². The van der Waals surface area contributed by atoms with E-state index in [0.717, 1.165) is 5.56 Å². The van der Waals surface area contributed by atoms with E-state index in [4.69, 9.17) is 20.9 Å². The van der Waals surface area contributed by atoms with Gasteiger partial charge in [-0.3, -0.25) is 0 Å². The number of rotatable bonds is 5. The number of aromatic nitrogens is 3. The largest absolute Gasteiger partial charge is 0.493 e. The van der Waals surface area contributed by atoms with Crippen molar-refractivity contribution in [1.29, 1.82) is 0 Å². The molecule has 110 valence electrons. The molecule has 7 heteroatoms. The van der Waals surface area contributed by atoms with Gasteiger partial charge in [0.1, 0.15) is 6.61 Å². The molecule has 4 N–H and O–H groups in total. The van der Waals surface area contributed by atoms with Crippen LogP contribution in [0, 0.1) is 0 Å². The van der Waals surface area contributed by atoms with E-state index < -0.39 is 0 Å². The molecule has 0 saturated carbocycles. The Kier molecular flexibility index (Phi) is 4.55. The zero-order chi connectivity index (χ0) is 15.2. The fraction of sp³-hybridized carbons (Fsp3) is 0.214. The van der Waals surface area contributed by atoms with Crippen molar-refractivity contribution in [2.45, 2.75) is 13.5 Å². The molecular formula is C14H17N5O2. The highest BCUT2D eigenvalue weighted by Crippen LogP contribution is 2.29. The maximum absolute atomic E-state index is 5.64. The SMILES string of the molecule is CC=Cc1ccc(OCc2nc(N)nc(N)n2)c(OC)c1. The summed E-state index contributed by atoms with van der Waals surface area (Å²) in [5, 5.41) is 0. The Morgan fingerprint density at radius 1 is 1.10 bits per heavy atom. The van der Waals surface area contributed by atoms with Crippen LogP contribution in [0.2, 0.25) is 0 Å². The normalized spacial score (nSPS) is 10.8. The second-order valence-electron chi connectivity index (χ2n) is 4.17. The summed E-state index contributed by atoms with van der Waals surface area (Å²) in [4.78, 5) is 11.6. The molecule has 1 aromatic heterocycles. The zero-order valence-electron chi connectivity index (χ0n) is 11.9. The highest BCUT2D eigenvalue weighted by atomic mass is 16.5. The van der Waals surface area contributed by atoms with E-state index in [1.165, 1.54) is 0 Å². The third kappa shape index (κ3) is 3.82. The van der Waals surface area contributed by atoms with Gasteiger partial charge in [-0.25, -0.2) is 0 Å². The minimum Gasteiger partial charge on any atom is -0.493 e. The average molecular weight is 287 g/mol. The molecule has 7 nitrogen and oxygen atoms in total. The zero-order valence-corrected chi connectivity index (χ0v) is 11.9.